The van der Waals surface area contributed by atoms with E-state index in [4.69, 9.17) is 0 Å². The lowest BCUT2D eigenvalue weighted by molar-refractivity contribution is -0.122. The van der Waals surface area contributed by atoms with Crippen LogP contribution in [0.5, 0.6) is 0 Å². The first-order valence-corrected chi connectivity index (χ1v) is 9.67. The molecular formula is C21H26BFN2O4. The topological polar surface area (TPSA) is 98.7 Å². The third-order valence-corrected chi connectivity index (χ3v) is 4.56. The number of halogens is 1. The predicted molar refractivity (Wildman–Crippen MR) is 109 cm³/mol. The van der Waals surface area contributed by atoms with Crippen molar-refractivity contribution in [1.29, 1.82) is 0 Å². The largest absolute Gasteiger partial charge is 0.475 e. The zero-order valence-electron chi connectivity index (χ0n) is 16.3. The molecule has 2 aromatic carbocycles. The zero-order chi connectivity index (χ0) is 21.2. The summed E-state index contributed by atoms with van der Waals surface area (Å²) < 4.78 is 13.7. The molecule has 0 fully saturated rings. The molecule has 29 heavy (non-hydrogen) atoms. The van der Waals surface area contributed by atoms with Crippen molar-refractivity contribution in [1.82, 2.24) is 10.6 Å². The molecule has 1 unspecified atom stereocenters. The van der Waals surface area contributed by atoms with Crippen molar-refractivity contribution >= 4 is 18.9 Å². The molecule has 0 aliphatic carbocycles. The van der Waals surface area contributed by atoms with Gasteiger partial charge in [-0.25, -0.2) is 4.39 Å². The third-order valence-electron chi connectivity index (χ3n) is 4.56. The van der Waals surface area contributed by atoms with E-state index in [1.54, 1.807) is 36.4 Å². The molecule has 0 aliphatic rings. The molecular weight excluding hydrogens is 374 g/mol. The number of hydrogen-bond acceptors (Lipinski definition) is 4. The number of carbonyl (C=O) groups is 2. The van der Waals surface area contributed by atoms with Crippen LogP contribution in [0.4, 0.5) is 4.39 Å². The number of carbonyl (C=O) groups excluding carboxylic acids is 2. The molecule has 6 nitrogen and oxygen atoms in total. The van der Waals surface area contributed by atoms with Gasteiger partial charge in [-0.05, 0) is 36.2 Å². The highest BCUT2D eigenvalue weighted by molar-refractivity contribution is 6.43. The molecule has 8 heteroatoms. The Kier molecular flexibility index (Phi) is 8.83. The highest BCUT2D eigenvalue weighted by Crippen LogP contribution is 2.19. The van der Waals surface area contributed by atoms with Crippen molar-refractivity contribution in [2.45, 2.75) is 44.6 Å². The Morgan fingerprint density at radius 1 is 1.07 bits per heavy atom. The van der Waals surface area contributed by atoms with E-state index in [2.05, 4.69) is 10.6 Å². The first-order chi connectivity index (χ1) is 13.9. The summed E-state index contributed by atoms with van der Waals surface area (Å²) in [6, 6.07) is 13.4. The van der Waals surface area contributed by atoms with Crippen LogP contribution in [0.1, 0.15) is 54.6 Å². The van der Waals surface area contributed by atoms with Crippen LogP contribution in [0.3, 0.4) is 0 Å². The quantitative estimate of drug-likeness (QED) is 0.461. The Morgan fingerprint density at radius 2 is 1.79 bits per heavy atom. The van der Waals surface area contributed by atoms with Crippen molar-refractivity contribution in [2.75, 3.05) is 0 Å². The summed E-state index contributed by atoms with van der Waals surface area (Å²) in [4.78, 5) is 25.1. The summed E-state index contributed by atoms with van der Waals surface area (Å²) >= 11 is 0. The van der Waals surface area contributed by atoms with Crippen LogP contribution in [0.25, 0.3) is 0 Å². The number of rotatable bonds is 10. The second-order valence-electron chi connectivity index (χ2n) is 6.88. The predicted octanol–water partition coefficient (Wildman–Crippen LogP) is 2.37. The van der Waals surface area contributed by atoms with Gasteiger partial charge in [0.15, 0.2) is 0 Å². The van der Waals surface area contributed by atoms with E-state index in [-0.39, 0.29) is 6.42 Å². The summed E-state index contributed by atoms with van der Waals surface area (Å²) in [5.41, 5.74) is 0.861. The standard InChI is InChI=1S/C21H26BFN2O4/c1-2-3-12-19(22(28)29)25-20(26)14-18(16-10-7-11-17(23)13-16)24-21(27)15-8-5-4-6-9-15/h4-11,13,18-19,28-29H,2-3,12,14H2,1H3,(H,24,27)(H,25,26)/t18?,19-/m0/s1. The lowest BCUT2D eigenvalue weighted by atomic mass is 9.76. The van der Waals surface area contributed by atoms with Gasteiger partial charge in [0.1, 0.15) is 5.82 Å². The van der Waals surface area contributed by atoms with Gasteiger partial charge in [-0.15, -0.1) is 0 Å². The van der Waals surface area contributed by atoms with Crippen LogP contribution < -0.4 is 10.6 Å². The average molecular weight is 400 g/mol. The maximum absolute atomic E-state index is 13.7. The number of nitrogens with one attached hydrogen (secondary N) is 2. The normalized spacial score (nSPS) is 12.7. The monoisotopic (exact) mass is 400 g/mol. The summed E-state index contributed by atoms with van der Waals surface area (Å²) in [6.45, 7) is 1.96. The van der Waals surface area contributed by atoms with Gasteiger partial charge in [0.05, 0.1) is 18.4 Å². The Morgan fingerprint density at radius 3 is 2.41 bits per heavy atom. The fraction of sp³-hybridized carbons (Fsp3) is 0.333. The van der Waals surface area contributed by atoms with Crippen molar-refractivity contribution in [3.63, 3.8) is 0 Å². The van der Waals surface area contributed by atoms with Crippen molar-refractivity contribution in [3.05, 3.63) is 71.5 Å². The van der Waals surface area contributed by atoms with Crippen LogP contribution in [0, 0.1) is 5.82 Å². The Bertz CT molecular complexity index is 804. The second kappa shape index (κ2) is 11.3. The summed E-state index contributed by atoms with van der Waals surface area (Å²) in [7, 11) is -1.68. The minimum Gasteiger partial charge on any atom is -0.426 e. The van der Waals surface area contributed by atoms with Gasteiger partial charge < -0.3 is 20.7 Å². The molecule has 0 saturated carbocycles. The molecule has 0 aliphatic heterocycles. The number of benzene rings is 2. The maximum atomic E-state index is 13.7. The van der Waals surface area contributed by atoms with Crippen LogP contribution in [0.15, 0.2) is 54.6 Å². The molecule has 2 aromatic rings. The molecule has 2 amide bonds. The first-order valence-electron chi connectivity index (χ1n) is 9.67. The second-order valence-corrected chi connectivity index (χ2v) is 6.88. The fourth-order valence-corrected chi connectivity index (χ4v) is 2.98. The highest BCUT2D eigenvalue weighted by atomic mass is 19.1. The van der Waals surface area contributed by atoms with E-state index < -0.39 is 36.7 Å². The Balaban J connectivity index is 2.14. The van der Waals surface area contributed by atoms with Gasteiger partial charge in [-0.3, -0.25) is 9.59 Å². The van der Waals surface area contributed by atoms with Crippen molar-refractivity contribution < 1.29 is 24.0 Å². The van der Waals surface area contributed by atoms with E-state index in [1.165, 1.54) is 18.2 Å². The van der Waals surface area contributed by atoms with Crippen molar-refractivity contribution in [3.8, 4) is 0 Å². The number of hydrogen-bond donors (Lipinski definition) is 4. The summed E-state index contributed by atoms with van der Waals surface area (Å²) in [5, 5.41) is 24.3. The molecule has 0 spiro atoms. The van der Waals surface area contributed by atoms with Crippen LogP contribution in [-0.4, -0.2) is 34.9 Å². The van der Waals surface area contributed by atoms with E-state index in [0.717, 1.165) is 12.8 Å². The van der Waals surface area contributed by atoms with Gasteiger partial charge in [-0.2, -0.15) is 0 Å². The van der Waals surface area contributed by atoms with Crippen LogP contribution in [-0.2, 0) is 4.79 Å². The molecule has 0 heterocycles. The molecule has 0 bridgehead atoms. The van der Waals surface area contributed by atoms with Crippen molar-refractivity contribution in [2.24, 2.45) is 0 Å². The highest BCUT2D eigenvalue weighted by Gasteiger charge is 2.27. The van der Waals surface area contributed by atoms with Crippen LogP contribution in [0.2, 0.25) is 0 Å². The van der Waals surface area contributed by atoms with Gasteiger partial charge >= 0.3 is 7.12 Å². The zero-order valence-corrected chi connectivity index (χ0v) is 16.3. The SMILES string of the molecule is CCCC[C@H](NC(=O)CC(NC(=O)c1ccccc1)c1cccc(F)c1)B(O)O. The van der Waals surface area contributed by atoms with Gasteiger partial charge in [0.2, 0.25) is 5.91 Å². The lowest BCUT2D eigenvalue weighted by Crippen LogP contribution is -2.47. The minimum absolute atomic E-state index is 0.169. The summed E-state index contributed by atoms with van der Waals surface area (Å²) in [5.74, 6) is -2.15. The maximum Gasteiger partial charge on any atom is 0.475 e. The lowest BCUT2D eigenvalue weighted by Gasteiger charge is -2.22. The molecule has 0 radical (unpaired) electrons. The smallest absolute Gasteiger partial charge is 0.426 e. The molecule has 4 N–H and O–H groups in total. The van der Waals surface area contributed by atoms with E-state index in [9.17, 15) is 24.0 Å². The van der Waals surface area contributed by atoms with E-state index >= 15 is 0 Å². The van der Waals surface area contributed by atoms with E-state index in [1.807, 2.05) is 6.92 Å². The molecule has 154 valence electrons. The molecule has 0 aromatic heterocycles. The molecule has 0 saturated heterocycles. The Labute approximate surface area is 170 Å². The number of amides is 2. The minimum atomic E-state index is -1.68. The van der Waals surface area contributed by atoms with Crippen LogP contribution >= 0.6 is 0 Å². The Hall–Kier alpha value is -2.71. The number of unbranched alkanes of at least 4 members (excludes halogenated alkanes) is 1. The fourth-order valence-electron chi connectivity index (χ4n) is 2.98. The third kappa shape index (κ3) is 7.32. The van der Waals surface area contributed by atoms with Gasteiger partial charge in [0, 0.05) is 5.56 Å². The van der Waals surface area contributed by atoms with Gasteiger partial charge in [0.25, 0.3) is 5.91 Å². The van der Waals surface area contributed by atoms with Gasteiger partial charge in [-0.1, -0.05) is 50.1 Å². The molecule has 2 rings (SSSR count). The first kappa shape index (κ1) is 22.6. The molecule has 2 atom stereocenters. The summed E-state index contributed by atoms with van der Waals surface area (Å²) in [6.07, 6.45) is 1.82. The average Bonchev–Trinajstić information content (AvgIpc) is 2.71. The van der Waals surface area contributed by atoms with E-state index in [0.29, 0.717) is 17.5 Å².